The molecule has 2 heterocycles. The summed E-state index contributed by atoms with van der Waals surface area (Å²) in [6.45, 7) is 9.41. The van der Waals surface area contributed by atoms with Crippen LogP contribution < -0.4 is 10.2 Å². The van der Waals surface area contributed by atoms with Crippen molar-refractivity contribution in [1.82, 2.24) is 9.97 Å². The van der Waals surface area contributed by atoms with Gasteiger partial charge in [-0.15, -0.1) is 11.3 Å². The van der Waals surface area contributed by atoms with Crippen LogP contribution in [0.15, 0.2) is 29.6 Å². The number of thiophene rings is 1. The summed E-state index contributed by atoms with van der Waals surface area (Å²) < 4.78 is 5.45. The van der Waals surface area contributed by atoms with Crippen molar-refractivity contribution in [3.05, 3.63) is 40.5 Å². The fourth-order valence-electron chi connectivity index (χ4n) is 4.23. The third-order valence-electron chi connectivity index (χ3n) is 6.56. The first-order chi connectivity index (χ1) is 14.9. The van der Waals surface area contributed by atoms with Gasteiger partial charge in [-0.05, 0) is 55.2 Å². The molecule has 164 valence electrons. The molecular formula is C24H30N4O2S. The minimum absolute atomic E-state index is 0.0836. The normalized spacial score (nSPS) is 16.6. The maximum atomic E-state index is 10.4. The lowest BCUT2D eigenvalue weighted by molar-refractivity contribution is 0.184. The molecule has 1 aliphatic rings. The molecule has 2 aromatic heterocycles. The monoisotopic (exact) mass is 438 g/mol. The maximum Gasteiger partial charge on any atom is 0.166 e. The Morgan fingerprint density at radius 1 is 1.32 bits per heavy atom. The number of ether oxygens (including phenoxy) is 1. The number of anilines is 1. The molecule has 1 atom stereocenters. The Labute approximate surface area is 187 Å². The van der Waals surface area contributed by atoms with E-state index < -0.39 is 0 Å². The zero-order valence-corrected chi connectivity index (χ0v) is 19.4. The number of aromatic nitrogens is 2. The standard InChI is InChI=1S/C24H30N4O2S/c1-5-24(3,4)16-10-11-19-17(12-16)20-22(25-14-26-23(20)31-19)28-27-13-15-8-7-9-18(21(15)29)30-6-2/h7-9,13-14,16,29H,5-6,10-12H2,1-4H3,(H,25,26,28). The summed E-state index contributed by atoms with van der Waals surface area (Å²) in [6, 6.07) is 5.37. The van der Waals surface area contributed by atoms with Gasteiger partial charge in [-0.25, -0.2) is 9.97 Å². The van der Waals surface area contributed by atoms with Crippen molar-refractivity contribution in [1.29, 1.82) is 0 Å². The lowest BCUT2D eigenvalue weighted by Gasteiger charge is -2.36. The molecule has 0 bridgehead atoms. The van der Waals surface area contributed by atoms with Crippen LogP contribution in [0.25, 0.3) is 10.2 Å². The van der Waals surface area contributed by atoms with Crippen LogP contribution >= 0.6 is 11.3 Å². The minimum atomic E-state index is 0.0836. The summed E-state index contributed by atoms with van der Waals surface area (Å²) in [7, 11) is 0. The van der Waals surface area contributed by atoms with Crippen molar-refractivity contribution >= 4 is 33.6 Å². The number of hydrogen-bond donors (Lipinski definition) is 2. The fraction of sp³-hybridized carbons (Fsp3) is 0.458. The van der Waals surface area contributed by atoms with Crippen LogP contribution in [-0.2, 0) is 12.8 Å². The first-order valence-corrected chi connectivity index (χ1v) is 11.7. The molecule has 2 N–H and O–H groups in total. The number of rotatable bonds is 7. The molecule has 6 nitrogen and oxygen atoms in total. The number of para-hydroxylation sites is 1. The van der Waals surface area contributed by atoms with E-state index in [4.69, 9.17) is 4.74 Å². The van der Waals surface area contributed by atoms with Crippen LogP contribution in [-0.4, -0.2) is 27.9 Å². The van der Waals surface area contributed by atoms with Gasteiger partial charge in [0.05, 0.1) is 18.2 Å². The molecule has 7 heteroatoms. The van der Waals surface area contributed by atoms with Crippen LogP contribution in [0.1, 0.15) is 56.5 Å². The van der Waals surface area contributed by atoms with E-state index in [9.17, 15) is 5.11 Å². The number of fused-ring (bicyclic) bond motifs is 3. The molecule has 4 rings (SSSR count). The minimum Gasteiger partial charge on any atom is -0.504 e. The Morgan fingerprint density at radius 2 is 2.16 bits per heavy atom. The van der Waals surface area contributed by atoms with E-state index in [0.29, 0.717) is 35.1 Å². The fourth-order valence-corrected chi connectivity index (χ4v) is 5.41. The number of hydrogen-bond acceptors (Lipinski definition) is 7. The van der Waals surface area contributed by atoms with Crippen LogP contribution in [0, 0.1) is 11.3 Å². The van der Waals surface area contributed by atoms with Gasteiger partial charge < -0.3 is 9.84 Å². The summed E-state index contributed by atoms with van der Waals surface area (Å²) in [5, 5.41) is 15.8. The SMILES string of the molecule is CCOc1cccc(C=NNc2ncnc3sc4c(c23)CC(C(C)(C)CC)CC4)c1O. The van der Waals surface area contributed by atoms with E-state index in [1.54, 1.807) is 36.0 Å². The van der Waals surface area contributed by atoms with Gasteiger partial charge in [0, 0.05) is 10.4 Å². The summed E-state index contributed by atoms with van der Waals surface area (Å²) in [5.41, 5.74) is 5.36. The average Bonchev–Trinajstić information content (AvgIpc) is 3.15. The molecule has 0 saturated carbocycles. The lowest BCUT2D eigenvalue weighted by atomic mass is 9.69. The van der Waals surface area contributed by atoms with Crippen LogP contribution in [0.2, 0.25) is 0 Å². The Bertz CT molecular complexity index is 1110. The van der Waals surface area contributed by atoms with E-state index >= 15 is 0 Å². The van der Waals surface area contributed by atoms with Crippen molar-refractivity contribution in [3.8, 4) is 11.5 Å². The third kappa shape index (κ3) is 4.24. The van der Waals surface area contributed by atoms with Gasteiger partial charge in [0.2, 0.25) is 0 Å². The Kier molecular flexibility index (Phi) is 6.14. The smallest absolute Gasteiger partial charge is 0.166 e. The first-order valence-electron chi connectivity index (χ1n) is 10.9. The molecule has 0 radical (unpaired) electrons. The Morgan fingerprint density at radius 3 is 2.94 bits per heavy atom. The van der Waals surface area contributed by atoms with E-state index in [1.165, 1.54) is 23.3 Å². The summed E-state index contributed by atoms with van der Waals surface area (Å²) in [5.74, 6) is 1.90. The van der Waals surface area contributed by atoms with Crippen molar-refractivity contribution in [2.45, 2.75) is 53.4 Å². The molecule has 0 fully saturated rings. The van der Waals surface area contributed by atoms with Crippen molar-refractivity contribution < 1.29 is 9.84 Å². The highest BCUT2D eigenvalue weighted by molar-refractivity contribution is 7.19. The lowest BCUT2D eigenvalue weighted by Crippen LogP contribution is -2.28. The highest BCUT2D eigenvalue weighted by atomic mass is 32.1. The number of benzene rings is 1. The Hall–Kier alpha value is -2.67. The van der Waals surface area contributed by atoms with Crippen molar-refractivity contribution in [2.75, 3.05) is 12.0 Å². The molecule has 3 aromatic rings. The number of hydrazone groups is 1. The topological polar surface area (TPSA) is 79.6 Å². The number of nitrogens with zero attached hydrogens (tertiary/aromatic N) is 3. The number of phenolic OH excluding ortho intramolecular Hbond substituents is 1. The van der Waals surface area contributed by atoms with Gasteiger partial charge in [0.25, 0.3) is 0 Å². The molecule has 0 amide bonds. The second-order valence-corrected chi connectivity index (χ2v) is 9.77. The van der Waals surface area contributed by atoms with Crippen LogP contribution in [0.5, 0.6) is 11.5 Å². The second kappa shape index (κ2) is 8.83. The van der Waals surface area contributed by atoms with Crippen LogP contribution in [0.4, 0.5) is 5.82 Å². The summed E-state index contributed by atoms with van der Waals surface area (Å²) >= 11 is 1.77. The molecule has 31 heavy (non-hydrogen) atoms. The molecular weight excluding hydrogens is 408 g/mol. The molecule has 1 aliphatic carbocycles. The third-order valence-corrected chi connectivity index (χ3v) is 7.76. The quantitative estimate of drug-likeness (QED) is 0.361. The molecule has 1 aromatic carbocycles. The largest absolute Gasteiger partial charge is 0.504 e. The zero-order valence-electron chi connectivity index (χ0n) is 18.6. The van der Waals surface area contributed by atoms with Gasteiger partial charge in [-0.2, -0.15) is 5.10 Å². The summed E-state index contributed by atoms with van der Waals surface area (Å²) in [6.07, 6.45) is 7.73. The molecule has 0 aliphatic heterocycles. The van der Waals surface area contributed by atoms with Gasteiger partial charge in [-0.3, -0.25) is 5.43 Å². The van der Waals surface area contributed by atoms with Gasteiger partial charge in [0.15, 0.2) is 17.3 Å². The van der Waals surface area contributed by atoms with Crippen molar-refractivity contribution in [3.63, 3.8) is 0 Å². The highest BCUT2D eigenvalue weighted by Crippen LogP contribution is 2.45. The number of aromatic hydroxyl groups is 1. The van der Waals surface area contributed by atoms with E-state index in [1.807, 2.05) is 13.0 Å². The predicted molar refractivity (Wildman–Crippen MR) is 127 cm³/mol. The maximum absolute atomic E-state index is 10.4. The van der Waals surface area contributed by atoms with E-state index in [0.717, 1.165) is 23.1 Å². The molecule has 1 unspecified atom stereocenters. The summed E-state index contributed by atoms with van der Waals surface area (Å²) in [4.78, 5) is 11.4. The molecule has 0 saturated heterocycles. The van der Waals surface area contributed by atoms with Gasteiger partial charge >= 0.3 is 0 Å². The van der Waals surface area contributed by atoms with Crippen LogP contribution in [0.3, 0.4) is 0 Å². The molecule has 0 spiro atoms. The van der Waals surface area contributed by atoms with Gasteiger partial charge in [-0.1, -0.05) is 33.3 Å². The Balaban J connectivity index is 1.62. The van der Waals surface area contributed by atoms with Crippen molar-refractivity contribution in [2.24, 2.45) is 16.4 Å². The number of aryl methyl sites for hydroxylation is 1. The van der Waals surface area contributed by atoms with Gasteiger partial charge in [0.1, 0.15) is 11.2 Å². The predicted octanol–water partition coefficient (Wildman–Crippen LogP) is 5.78. The first kappa shape index (κ1) is 21.6. The zero-order chi connectivity index (χ0) is 22.0. The van der Waals surface area contributed by atoms with E-state index in [2.05, 4.69) is 41.3 Å². The average molecular weight is 439 g/mol. The van der Waals surface area contributed by atoms with E-state index in [-0.39, 0.29) is 5.75 Å². The number of nitrogens with one attached hydrogen (secondary N) is 1. The number of phenols is 1. The highest BCUT2D eigenvalue weighted by Gasteiger charge is 2.33. The second-order valence-electron chi connectivity index (χ2n) is 8.69.